The summed E-state index contributed by atoms with van der Waals surface area (Å²) in [6.45, 7) is 8.46. The molecule has 0 bridgehead atoms. The van der Waals surface area contributed by atoms with Crippen molar-refractivity contribution in [2.75, 3.05) is 38.6 Å². The molecule has 1 aliphatic heterocycles. The van der Waals surface area contributed by atoms with Crippen molar-refractivity contribution < 1.29 is 19.6 Å². The summed E-state index contributed by atoms with van der Waals surface area (Å²) >= 11 is 0. The van der Waals surface area contributed by atoms with Crippen LogP contribution in [0.1, 0.15) is 33.6 Å². The molecule has 2 N–H and O–H groups in total. The Morgan fingerprint density at radius 2 is 2.07 bits per heavy atom. The number of nitrogens with one attached hydrogen (secondary N) is 1. The van der Waals surface area contributed by atoms with Crippen LogP contribution >= 0.6 is 0 Å². The lowest BCUT2D eigenvalue weighted by atomic mass is 9.97. The number of hydrogen-bond donors (Lipinski definition) is 2. The van der Waals surface area contributed by atoms with Gasteiger partial charge in [-0.2, -0.15) is 4.98 Å². The van der Waals surface area contributed by atoms with Crippen LogP contribution in [0.2, 0.25) is 0 Å². The first-order chi connectivity index (χ1) is 13.1. The summed E-state index contributed by atoms with van der Waals surface area (Å²) in [5.74, 6) is 0.494. The topological polar surface area (TPSA) is 121 Å². The van der Waals surface area contributed by atoms with Gasteiger partial charge in [0, 0.05) is 49.9 Å². The van der Waals surface area contributed by atoms with E-state index >= 15 is 0 Å². The lowest BCUT2D eigenvalue weighted by Crippen LogP contribution is -2.54. The molecule has 0 aliphatic carbocycles. The average Bonchev–Trinajstić information content (AvgIpc) is 2.61. The summed E-state index contributed by atoms with van der Waals surface area (Å²) in [6, 6.07) is 2.83. The molecular weight excluding hydrogens is 366 g/mol. The van der Waals surface area contributed by atoms with Crippen LogP contribution in [-0.4, -0.2) is 75.8 Å². The number of ether oxygens (including phenoxy) is 1. The maximum absolute atomic E-state index is 11.6. The van der Waals surface area contributed by atoms with Crippen molar-refractivity contribution in [2.24, 2.45) is 0 Å². The lowest BCUT2D eigenvalue weighted by molar-refractivity contribution is -0.384. The van der Waals surface area contributed by atoms with Gasteiger partial charge in [0.25, 0.3) is 0 Å². The second kappa shape index (κ2) is 9.05. The first-order valence-electron chi connectivity index (χ1n) is 9.31. The van der Waals surface area contributed by atoms with Crippen molar-refractivity contribution in [1.82, 2.24) is 14.8 Å². The predicted molar refractivity (Wildman–Crippen MR) is 105 cm³/mol. The summed E-state index contributed by atoms with van der Waals surface area (Å²) < 4.78 is 5.03. The minimum atomic E-state index is -0.885. The normalized spacial score (nSPS) is 15.9. The molecule has 1 saturated heterocycles. The molecule has 2 rings (SSSR count). The number of rotatable bonds is 7. The molecule has 156 valence electrons. The van der Waals surface area contributed by atoms with Crippen LogP contribution in [0.4, 0.5) is 16.3 Å². The molecule has 1 amide bonds. The number of hydrogen-bond acceptors (Lipinski definition) is 7. The first-order valence-corrected chi connectivity index (χ1v) is 9.31. The first kappa shape index (κ1) is 21.7. The number of carbonyl (C=O) groups is 1. The Hall–Kier alpha value is -2.62. The van der Waals surface area contributed by atoms with E-state index in [0.717, 1.165) is 25.9 Å². The molecule has 0 saturated carbocycles. The molecule has 0 spiro atoms. The number of likely N-dealkylation sites (tertiary alicyclic amines) is 1. The van der Waals surface area contributed by atoms with Crippen molar-refractivity contribution in [3.8, 4) is 5.88 Å². The highest BCUT2D eigenvalue weighted by atomic mass is 16.6. The maximum atomic E-state index is 11.6. The van der Waals surface area contributed by atoms with E-state index in [1.54, 1.807) is 4.90 Å². The Labute approximate surface area is 164 Å². The minimum absolute atomic E-state index is 0.00264. The van der Waals surface area contributed by atoms with Crippen LogP contribution in [0.25, 0.3) is 0 Å². The highest BCUT2D eigenvalue weighted by Gasteiger charge is 2.35. The van der Waals surface area contributed by atoms with E-state index in [-0.39, 0.29) is 17.5 Å². The number of anilines is 1. The lowest BCUT2D eigenvalue weighted by Gasteiger charge is -2.43. The Morgan fingerprint density at radius 1 is 1.43 bits per heavy atom. The van der Waals surface area contributed by atoms with Gasteiger partial charge < -0.3 is 25.0 Å². The average molecular weight is 395 g/mol. The number of piperidine rings is 1. The molecule has 0 unspecified atom stereocenters. The number of carboxylic acid groups (broad SMARTS) is 1. The number of nitrogens with zero attached hydrogens (tertiary/aromatic N) is 4. The van der Waals surface area contributed by atoms with Crippen LogP contribution in [0, 0.1) is 10.1 Å². The van der Waals surface area contributed by atoms with Crippen LogP contribution in [0.5, 0.6) is 5.88 Å². The number of methoxy groups -OCH3 is 1. The van der Waals surface area contributed by atoms with Gasteiger partial charge in [0.15, 0.2) is 0 Å². The van der Waals surface area contributed by atoms with Crippen LogP contribution in [0.15, 0.2) is 12.1 Å². The molecule has 1 aromatic heterocycles. The van der Waals surface area contributed by atoms with Gasteiger partial charge in [-0.25, -0.2) is 4.79 Å². The third-order valence-electron chi connectivity index (χ3n) is 4.83. The monoisotopic (exact) mass is 395 g/mol. The molecule has 0 radical (unpaired) electrons. The second-order valence-electron chi connectivity index (χ2n) is 7.80. The summed E-state index contributed by atoms with van der Waals surface area (Å²) in [5.41, 5.74) is -0.529. The molecule has 10 nitrogen and oxygen atoms in total. The molecule has 28 heavy (non-hydrogen) atoms. The fourth-order valence-corrected chi connectivity index (χ4v) is 3.55. The van der Waals surface area contributed by atoms with Gasteiger partial charge in [-0.3, -0.25) is 10.1 Å². The van der Waals surface area contributed by atoms with Gasteiger partial charge in [0.1, 0.15) is 0 Å². The quantitative estimate of drug-likeness (QED) is 0.534. The third-order valence-corrected chi connectivity index (χ3v) is 4.83. The van der Waals surface area contributed by atoms with Gasteiger partial charge in [-0.1, -0.05) is 0 Å². The maximum Gasteiger partial charge on any atom is 0.407 e. The predicted octanol–water partition coefficient (Wildman–Crippen LogP) is 2.65. The highest BCUT2D eigenvalue weighted by molar-refractivity contribution is 5.66. The van der Waals surface area contributed by atoms with Crippen LogP contribution in [-0.2, 0) is 0 Å². The Bertz CT molecular complexity index is 698. The zero-order valence-corrected chi connectivity index (χ0v) is 16.8. The number of pyridine rings is 1. The van der Waals surface area contributed by atoms with E-state index in [1.165, 1.54) is 19.2 Å². The SMILES string of the molecule is COc1ccc([N+](=O)[O-])c(NCCN2CCC(N(C(=O)O)C(C)(C)C)CC2)n1. The minimum Gasteiger partial charge on any atom is -0.481 e. The van der Waals surface area contributed by atoms with Crippen LogP contribution in [0.3, 0.4) is 0 Å². The van der Waals surface area contributed by atoms with Gasteiger partial charge in [0.05, 0.1) is 12.0 Å². The molecule has 10 heteroatoms. The smallest absolute Gasteiger partial charge is 0.407 e. The summed E-state index contributed by atoms with van der Waals surface area (Å²) in [4.78, 5) is 30.2. The number of amides is 1. The molecule has 1 fully saturated rings. The van der Waals surface area contributed by atoms with Crippen molar-refractivity contribution >= 4 is 17.6 Å². The summed E-state index contributed by atoms with van der Waals surface area (Å²) in [7, 11) is 1.46. The fraction of sp³-hybridized carbons (Fsp3) is 0.667. The second-order valence-corrected chi connectivity index (χ2v) is 7.80. The van der Waals surface area contributed by atoms with Crippen molar-refractivity contribution in [3.63, 3.8) is 0 Å². The standard InChI is InChI=1S/C18H29N5O5/c1-18(2,3)22(17(24)25)13-7-10-21(11-8-13)12-9-19-16-14(23(26)27)5-6-15(20-16)28-4/h5-6,13H,7-12H2,1-4H3,(H,19,20)(H,24,25). The zero-order valence-electron chi connectivity index (χ0n) is 16.8. The van der Waals surface area contributed by atoms with Gasteiger partial charge in [-0.05, 0) is 33.6 Å². The van der Waals surface area contributed by atoms with E-state index in [9.17, 15) is 20.0 Å². The summed E-state index contributed by atoms with van der Waals surface area (Å²) in [5, 5.41) is 23.7. The largest absolute Gasteiger partial charge is 0.481 e. The Balaban J connectivity index is 1.88. The molecule has 1 aliphatic rings. The van der Waals surface area contributed by atoms with E-state index < -0.39 is 16.6 Å². The van der Waals surface area contributed by atoms with Crippen molar-refractivity contribution in [2.45, 2.75) is 45.2 Å². The van der Waals surface area contributed by atoms with E-state index in [0.29, 0.717) is 19.0 Å². The van der Waals surface area contributed by atoms with E-state index in [4.69, 9.17) is 4.74 Å². The third kappa shape index (κ3) is 5.44. The Kier molecular flexibility index (Phi) is 7.00. The van der Waals surface area contributed by atoms with Crippen LogP contribution < -0.4 is 10.1 Å². The fourth-order valence-electron chi connectivity index (χ4n) is 3.55. The molecule has 1 aromatic rings. The number of aromatic nitrogens is 1. The highest BCUT2D eigenvalue weighted by Crippen LogP contribution is 2.26. The summed E-state index contributed by atoms with van der Waals surface area (Å²) in [6.07, 6.45) is 0.645. The van der Waals surface area contributed by atoms with Crippen molar-refractivity contribution in [3.05, 3.63) is 22.2 Å². The zero-order chi connectivity index (χ0) is 20.9. The molecule has 0 atom stereocenters. The molecule has 0 aromatic carbocycles. The van der Waals surface area contributed by atoms with Gasteiger partial charge in [0.2, 0.25) is 11.7 Å². The van der Waals surface area contributed by atoms with Gasteiger partial charge >= 0.3 is 11.8 Å². The van der Waals surface area contributed by atoms with E-state index in [2.05, 4.69) is 15.2 Å². The van der Waals surface area contributed by atoms with Crippen molar-refractivity contribution in [1.29, 1.82) is 0 Å². The molecular formula is C18H29N5O5. The molecule has 2 heterocycles. The van der Waals surface area contributed by atoms with Gasteiger partial charge in [-0.15, -0.1) is 0 Å². The number of nitro groups is 1. The van der Waals surface area contributed by atoms with E-state index in [1.807, 2.05) is 20.8 Å². The Morgan fingerprint density at radius 3 is 2.57 bits per heavy atom.